The molecule has 0 amide bonds. The van der Waals surface area contributed by atoms with Gasteiger partial charge in [-0.1, -0.05) is 18.2 Å². The van der Waals surface area contributed by atoms with Gasteiger partial charge in [-0.3, -0.25) is 9.56 Å². The van der Waals surface area contributed by atoms with Crippen molar-refractivity contribution in [3.05, 3.63) is 46.1 Å². The van der Waals surface area contributed by atoms with Gasteiger partial charge in [0.15, 0.2) is 5.96 Å². The summed E-state index contributed by atoms with van der Waals surface area (Å²) in [5.41, 5.74) is 0.279. The van der Waals surface area contributed by atoms with E-state index in [9.17, 15) is 18.0 Å². The molecule has 1 aromatic carbocycles. The minimum absolute atomic E-state index is 0.0755. The normalized spacial score (nSPS) is 14.3. The van der Waals surface area contributed by atoms with E-state index in [0.717, 1.165) is 31.6 Å². The summed E-state index contributed by atoms with van der Waals surface area (Å²) in [4.78, 5) is 16.4. The van der Waals surface area contributed by atoms with E-state index in [1.165, 1.54) is 16.8 Å². The van der Waals surface area contributed by atoms with Gasteiger partial charge in [0.2, 0.25) is 0 Å². The summed E-state index contributed by atoms with van der Waals surface area (Å²) < 4.78 is 44.9. The summed E-state index contributed by atoms with van der Waals surface area (Å²) >= 11 is 0. The standard InChI is InChI=1S/C19H25F3N6O2/c1-23-17(25-13-14-7-2-3-8-15(14)30-19(20,21)22)24-10-6-12-28-18(29)27-11-5-4-9-16(27)26-28/h2-3,7-8H,4-6,9-13H2,1H3,(H2,23,24,25). The smallest absolute Gasteiger partial charge is 0.405 e. The van der Waals surface area contributed by atoms with Crippen LogP contribution in [0, 0.1) is 0 Å². The summed E-state index contributed by atoms with van der Waals surface area (Å²) in [6.45, 7) is 1.84. The number of aliphatic imine (C=N–C) groups is 1. The van der Waals surface area contributed by atoms with E-state index in [0.29, 0.717) is 31.0 Å². The molecule has 0 aliphatic carbocycles. The number of para-hydroxylation sites is 1. The number of alkyl halides is 3. The number of hydrogen-bond acceptors (Lipinski definition) is 4. The number of aryl methyl sites for hydroxylation is 2. The Hall–Kier alpha value is -2.98. The zero-order valence-electron chi connectivity index (χ0n) is 16.7. The third kappa shape index (κ3) is 5.77. The van der Waals surface area contributed by atoms with Crippen molar-refractivity contribution in [2.45, 2.75) is 51.7 Å². The second-order valence-electron chi connectivity index (χ2n) is 6.89. The van der Waals surface area contributed by atoms with Crippen molar-refractivity contribution in [3.8, 4) is 5.75 Å². The highest BCUT2D eigenvalue weighted by Crippen LogP contribution is 2.26. The first-order chi connectivity index (χ1) is 14.4. The predicted octanol–water partition coefficient (Wildman–Crippen LogP) is 2.03. The average Bonchev–Trinajstić information content (AvgIpc) is 3.03. The van der Waals surface area contributed by atoms with E-state index in [-0.39, 0.29) is 18.0 Å². The summed E-state index contributed by atoms with van der Waals surface area (Å²) in [5, 5.41) is 10.4. The molecule has 8 nitrogen and oxygen atoms in total. The Labute approximate surface area is 171 Å². The van der Waals surface area contributed by atoms with E-state index in [1.807, 2.05) is 0 Å². The van der Waals surface area contributed by atoms with Crippen LogP contribution < -0.4 is 21.1 Å². The first kappa shape index (κ1) is 21.7. The quantitative estimate of drug-likeness (QED) is 0.402. The van der Waals surface area contributed by atoms with E-state index in [4.69, 9.17) is 0 Å². The number of ether oxygens (including phenoxy) is 1. The van der Waals surface area contributed by atoms with Gasteiger partial charge < -0.3 is 15.4 Å². The van der Waals surface area contributed by atoms with Crippen molar-refractivity contribution < 1.29 is 17.9 Å². The molecular weight excluding hydrogens is 401 g/mol. The first-order valence-electron chi connectivity index (χ1n) is 9.82. The summed E-state index contributed by atoms with van der Waals surface area (Å²) in [7, 11) is 1.57. The Morgan fingerprint density at radius 2 is 2.07 bits per heavy atom. The molecule has 164 valence electrons. The van der Waals surface area contributed by atoms with Gasteiger partial charge in [-0.05, 0) is 25.3 Å². The van der Waals surface area contributed by atoms with Crippen LogP contribution in [0.4, 0.5) is 13.2 Å². The average molecular weight is 426 g/mol. The van der Waals surface area contributed by atoms with Crippen LogP contribution in [0.3, 0.4) is 0 Å². The maximum Gasteiger partial charge on any atom is 0.573 e. The first-order valence-corrected chi connectivity index (χ1v) is 9.82. The molecule has 2 heterocycles. The van der Waals surface area contributed by atoms with Crippen LogP contribution in [0.15, 0.2) is 34.1 Å². The molecule has 11 heteroatoms. The van der Waals surface area contributed by atoms with Crippen LogP contribution in [-0.4, -0.2) is 40.3 Å². The van der Waals surface area contributed by atoms with Gasteiger partial charge in [0.05, 0.1) is 0 Å². The second-order valence-corrected chi connectivity index (χ2v) is 6.89. The lowest BCUT2D eigenvalue weighted by atomic mass is 10.2. The van der Waals surface area contributed by atoms with Crippen molar-refractivity contribution >= 4 is 5.96 Å². The number of rotatable bonds is 7. The van der Waals surface area contributed by atoms with Gasteiger partial charge in [-0.25, -0.2) is 9.48 Å². The highest BCUT2D eigenvalue weighted by Gasteiger charge is 2.31. The summed E-state index contributed by atoms with van der Waals surface area (Å²) in [5.74, 6) is 1.03. The highest BCUT2D eigenvalue weighted by molar-refractivity contribution is 5.79. The maximum absolute atomic E-state index is 12.5. The summed E-state index contributed by atoms with van der Waals surface area (Å²) in [6.07, 6.45) is -1.22. The predicted molar refractivity (Wildman–Crippen MR) is 105 cm³/mol. The van der Waals surface area contributed by atoms with Gasteiger partial charge in [0.1, 0.15) is 11.6 Å². The number of aromatic nitrogens is 3. The fourth-order valence-electron chi connectivity index (χ4n) is 3.30. The molecule has 3 rings (SSSR count). The minimum Gasteiger partial charge on any atom is -0.405 e. The van der Waals surface area contributed by atoms with Crippen LogP contribution in [0.1, 0.15) is 30.7 Å². The van der Waals surface area contributed by atoms with Crippen LogP contribution in [0.5, 0.6) is 5.75 Å². The fraction of sp³-hybridized carbons (Fsp3) is 0.526. The zero-order valence-corrected chi connectivity index (χ0v) is 16.7. The Kier molecular flexibility index (Phi) is 7.01. The van der Waals surface area contributed by atoms with Gasteiger partial charge in [-0.2, -0.15) is 5.10 Å². The van der Waals surface area contributed by atoms with Crippen LogP contribution in [0.2, 0.25) is 0 Å². The van der Waals surface area contributed by atoms with Crippen LogP contribution in [0.25, 0.3) is 0 Å². The fourth-order valence-corrected chi connectivity index (χ4v) is 3.30. The minimum atomic E-state index is -4.75. The molecule has 30 heavy (non-hydrogen) atoms. The Morgan fingerprint density at radius 3 is 2.80 bits per heavy atom. The van der Waals surface area contributed by atoms with Gasteiger partial charge in [-0.15, -0.1) is 13.2 Å². The molecule has 0 saturated carbocycles. The van der Waals surface area contributed by atoms with E-state index in [1.54, 1.807) is 23.7 Å². The van der Waals surface area contributed by atoms with Crippen molar-refractivity contribution in [1.29, 1.82) is 0 Å². The molecule has 2 N–H and O–H groups in total. The zero-order chi connectivity index (χ0) is 21.6. The van der Waals surface area contributed by atoms with Crippen molar-refractivity contribution in [2.24, 2.45) is 4.99 Å². The number of benzene rings is 1. The molecule has 0 atom stereocenters. The Bertz CT molecular complexity index is 935. The van der Waals surface area contributed by atoms with Crippen LogP contribution >= 0.6 is 0 Å². The second kappa shape index (κ2) is 9.68. The molecule has 0 fully saturated rings. The van der Waals surface area contributed by atoms with E-state index in [2.05, 4.69) is 25.5 Å². The largest absolute Gasteiger partial charge is 0.573 e. The van der Waals surface area contributed by atoms with Crippen molar-refractivity contribution in [1.82, 2.24) is 25.0 Å². The lowest BCUT2D eigenvalue weighted by Crippen LogP contribution is -2.38. The molecule has 1 aromatic heterocycles. The molecule has 0 bridgehead atoms. The Balaban J connectivity index is 1.47. The number of fused-ring (bicyclic) bond motifs is 1. The van der Waals surface area contributed by atoms with E-state index >= 15 is 0 Å². The molecule has 1 aliphatic rings. The lowest BCUT2D eigenvalue weighted by molar-refractivity contribution is -0.274. The molecule has 0 radical (unpaired) electrons. The monoisotopic (exact) mass is 426 g/mol. The van der Waals surface area contributed by atoms with Gasteiger partial charge in [0, 0.05) is 45.2 Å². The van der Waals surface area contributed by atoms with Crippen LogP contribution in [-0.2, 0) is 26.1 Å². The topological polar surface area (TPSA) is 85.5 Å². The number of nitrogens with one attached hydrogen (secondary N) is 2. The van der Waals surface area contributed by atoms with Gasteiger partial charge in [0.25, 0.3) is 0 Å². The molecule has 2 aromatic rings. The lowest BCUT2D eigenvalue weighted by Gasteiger charge is -2.15. The number of nitrogens with zero attached hydrogens (tertiary/aromatic N) is 4. The van der Waals surface area contributed by atoms with E-state index < -0.39 is 6.36 Å². The number of hydrogen-bond donors (Lipinski definition) is 2. The highest BCUT2D eigenvalue weighted by atomic mass is 19.4. The molecule has 0 unspecified atom stereocenters. The molecule has 0 spiro atoms. The van der Waals surface area contributed by atoms with Crippen molar-refractivity contribution in [2.75, 3.05) is 13.6 Å². The van der Waals surface area contributed by atoms with Gasteiger partial charge >= 0.3 is 12.1 Å². The summed E-state index contributed by atoms with van der Waals surface area (Å²) in [6, 6.07) is 5.93. The molecular formula is C19H25F3N6O2. The SMILES string of the molecule is CN=C(NCCCn1nc2n(c1=O)CCCC2)NCc1ccccc1OC(F)(F)F. The third-order valence-electron chi connectivity index (χ3n) is 4.74. The molecule has 0 saturated heterocycles. The van der Waals surface area contributed by atoms with Crippen molar-refractivity contribution in [3.63, 3.8) is 0 Å². The number of guanidine groups is 1. The Morgan fingerprint density at radius 1 is 1.27 bits per heavy atom. The maximum atomic E-state index is 12.5. The number of halogens is 3. The third-order valence-corrected chi connectivity index (χ3v) is 4.74. The molecule has 1 aliphatic heterocycles.